The van der Waals surface area contributed by atoms with Crippen LogP contribution in [0.2, 0.25) is 0 Å². The molecule has 0 spiro atoms. The van der Waals surface area contributed by atoms with E-state index in [0.717, 1.165) is 23.7 Å². The first-order valence-corrected chi connectivity index (χ1v) is 4.39. The van der Waals surface area contributed by atoms with Gasteiger partial charge in [-0.1, -0.05) is 0 Å². The largest absolute Gasteiger partial charge is 0.476 e. The van der Waals surface area contributed by atoms with Crippen molar-refractivity contribution in [3.8, 4) is 0 Å². The van der Waals surface area contributed by atoms with E-state index < -0.39 is 5.97 Å². The number of hydrogen-bond donors (Lipinski definition) is 1. The van der Waals surface area contributed by atoms with Gasteiger partial charge in [-0.2, -0.15) is 0 Å². The van der Waals surface area contributed by atoms with Crippen LogP contribution in [0.15, 0.2) is 0 Å². The Labute approximate surface area is 73.5 Å². The van der Waals surface area contributed by atoms with Crippen molar-refractivity contribution in [3.63, 3.8) is 0 Å². The number of nitrogens with zero attached hydrogens (tertiary/aromatic N) is 2. The van der Waals surface area contributed by atoms with E-state index in [-0.39, 0.29) is 5.01 Å². The number of rotatable bonds is 1. The van der Waals surface area contributed by atoms with Gasteiger partial charge in [-0.25, -0.2) is 9.78 Å². The SMILES string of the molecule is CN1Cc2nc(C(=O)O)sc2C1. The van der Waals surface area contributed by atoms with E-state index in [1.165, 1.54) is 11.3 Å². The number of hydrogen-bond acceptors (Lipinski definition) is 4. The van der Waals surface area contributed by atoms with Crippen LogP contribution in [-0.4, -0.2) is 28.0 Å². The summed E-state index contributed by atoms with van der Waals surface area (Å²) in [5, 5.41) is 8.86. The molecule has 0 saturated heterocycles. The summed E-state index contributed by atoms with van der Waals surface area (Å²) in [5.74, 6) is -0.919. The standard InChI is InChI=1S/C7H8N2O2S/c1-9-2-4-5(3-9)12-6(8-4)7(10)11/h2-3H2,1H3,(H,10,11). The topological polar surface area (TPSA) is 53.4 Å². The summed E-state index contributed by atoms with van der Waals surface area (Å²) in [4.78, 5) is 17.7. The van der Waals surface area contributed by atoms with Crippen molar-refractivity contribution in [3.05, 3.63) is 15.6 Å². The fourth-order valence-electron chi connectivity index (χ4n) is 1.28. The highest BCUT2D eigenvalue weighted by Crippen LogP contribution is 2.26. The van der Waals surface area contributed by atoms with Crippen LogP contribution in [0.3, 0.4) is 0 Å². The Kier molecular flexibility index (Phi) is 1.62. The molecule has 2 rings (SSSR count). The second kappa shape index (κ2) is 2.53. The molecule has 0 aliphatic carbocycles. The zero-order chi connectivity index (χ0) is 8.72. The molecule has 5 heteroatoms. The lowest BCUT2D eigenvalue weighted by molar-refractivity contribution is 0.0696. The van der Waals surface area contributed by atoms with Crippen LogP contribution in [0.5, 0.6) is 0 Å². The minimum Gasteiger partial charge on any atom is -0.476 e. The second-order valence-corrected chi connectivity index (χ2v) is 3.95. The molecular formula is C7H8N2O2S. The molecule has 0 aromatic carbocycles. The lowest BCUT2D eigenvalue weighted by atomic mass is 10.4. The summed E-state index contributed by atoms with van der Waals surface area (Å²) in [7, 11) is 1.99. The average molecular weight is 184 g/mol. The number of thiazole rings is 1. The van der Waals surface area contributed by atoms with Gasteiger partial charge in [0.2, 0.25) is 5.01 Å². The van der Waals surface area contributed by atoms with Crippen molar-refractivity contribution in [2.45, 2.75) is 13.1 Å². The molecule has 0 bridgehead atoms. The Bertz CT molecular complexity index is 311. The van der Waals surface area contributed by atoms with Crippen LogP contribution >= 0.6 is 11.3 Å². The van der Waals surface area contributed by atoms with Gasteiger partial charge in [-0.3, -0.25) is 4.90 Å². The van der Waals surface area contributed by atoms with Crippen molar-refractivity contribution >= 4 is 17.3 Å². The van der Waals surface area contributed by atoms with Gasteiger partial charge in [0, 0.05) is 18.0 Å². The van der Waals surface area contributed by atoms with Crippen molar-refractivity contribution < 1.29 is 9.90 Å². The number of carboxylic acid groups (broad SMARTS) is 1. The Morgan fingerprint density at radius 3 is 3.00 bits per heavy atom. The average Bonchev–Trinajstić information content (AvgIpc) is 2.42. The number of aromatic nitrogens is 1. The second-order valence-electron chi connectivity index (χ2n) is 2.87. The van der Waals surface area contributed by atoms with Crippen LogP contribution in [0.1, 0.15) is 20.4 Å². The molecule has 1 aliphatic heterocycles. The highest BCUT2D eigenvalue weighted by molar-refractivity contribution is 7.13. The van der Waals surface area contributed by atoms with Gasteiger partial charge in [-0.05, 0) is 7.05 Å². The minimum atomic E-state index is -0.919. The first-order valence-electron chi connectivity index (χ1n) is 3.57. The maximum Gasteiger partial charge on any atom is 0.365 e. The highest BCUT2D eigenvalue weighted by Gasteiger charge is 2.22. The zero-order valence-corrected chi connectivity index (χ0v) is 7.39. The Hall–Kier alpha value is -0.940. The molecule has 0 atom stereocenters. The molecule has 4 nitrogen and oxygen atoms in total. The van der Waals surface area contributed by atoms with Crippen LogP contribution in [0.4, 0.5) is 0 Å². The molecule has 1 N–H and O–H groups in total. The van der Waals surface area contributed by atoms with E-state index in [1.807, 2.05) is 7.05 Å². The third kappa shape index (κ3) is 1.11. The molecule has 1 aromatic heterocycles. The lowest BCUT2D eigenvalue weighted by Gasteiger charge is -2.03. The molecule has 0 saturated carbocycles. The van der Waals surface area contributed by atoms with Gasteiger partial charge < -0.3 is 5.11 Å². The fourth-order valence-corrected chi connectivity index (χ4v) is 2.27. The van der Waals surface area contributed by atoms with E-state index >= 15 is 0 Å². The molecule has 0 fully saturated rings. The maximum absolute atomic E-state index is 10.5. The first-order chi connectivity index (χ1) is 5.66. The molecular weight excluding hydrogens is 176 g/mol. The van der Waals surface area contributed by atoms with E-state index in [1.54, 1.807) is 0 Å². The van der Waals surface area contributed by atoms with Crippen LogP contribution in [-0.2, 0) is 13.1 Å². The number of fused-ring (bicyclic) bond motifs is 1. The van der Waals surface area contributed by atoms with Crippen LogP contribution in [0.25, 0.3) is 0 Å². The molecule has 0 unspecified atom stereocenters. The summed E-state index contributed by atoms with van der Waals surface area (Å²) in [5.41, 5.74) is 0.930. The third-order valence-corrected chi connectivity index (χ3v) is 2.86. The van der Waals surface area contributed by atoms with E-state index in [4.69, 9.17) is 5.11 Å². The first kappa shape index (κ1) is 7.70. The van der Waals surface area contributed by atoms with Crippen molar-refractivity contribution in [2.75, 3.05) is 7.05 Å². The Morgan fingerprint density at radius 2 is 2.42 bits per heavy atom. The zero-order valence-electron chi connectivity index (χ0n) is 6.57. The molecule has 64 valence electrons. The fraction of sp³-hybridized carbons (Fsp3) is 0.429. The van der Waals surface area contributed by atoms with Gasteiger partial charge in [-0.15, -0.1) is 11.3 Å². The van der Waals surface area contributed by atoms with Crippen molar-refractivity contribution in [1.29, 1.82) is 0 Å². The molecule has 0 radical (unpaired) electrons. The predicted molar refractivity (Wildman–Crippen MR) is 44.2 cm³/mol. The molecule has 2 heterocycles. The number of carboxylic acids is 1. The highest BCUT2D eigenvalue weighted by atomic mass is 32.1. The summed E-state index contributed by atoms with van der Waals surface area (Å²) in [6, 6.07) is 0. The van der Waals surface area contributed by atoms with Gasteiger partial charge >= 0.3 is 5.97 Å². The van der Waals surface area contributed by atoms with Crippen LogP contribution in [0, 0.1) is 0 Å². The molecule has 0 amide bonds. The van der Waals surface area contributed by atoms with Gasteiger partial charge in [0.25, 0.3) is 0 Å². The number of aromatic carboxylic acids is 1. The Morgan fingerprint density at radius 1 is 1.67 bits per heavy atom. The summed E-state index contributed by atoms with van der Waals surface area (Å²) in [6.45, 7) is 1.61. The quantitative estimate of drug-likeness (QED) is 0.701. The Balaban J connectivity index is 2.34. The van der Waals surface area contributed by atoms with Crippen LogP contribution < -0.4 is 0 Å². The maximum atomic E-state index is 10.5. The monoisotopic (exact) mass is 184 g/mol. The number of carbonyl (C=O) groups is 1. The van der Waals surface area contributed by atoms with E-state index in [0.29, 0.717) is 0 Å². The summed E-state index contributed by atoms with van der Waals surface area (Å²) >= 11 is 1.28. The summed E-state index contributed by atoms with van der Waals surface area (Å²) < 4.78 is 0. The van der Waals surface area contributed by atoms with Gasteiger partial charge in [0.1, 0.15) is 0 Å². The van der Waals surface area contributed by atoms with Crippen molar-refractivity contribution in [2.24, 2.45) is 0 Å². The molecule has 1 aliphatic rings. The molecule has 12 heavy (non-hydrogen) atoms. The normalized spacial score (nSPS) is 16.4. The predicted octanol–water partition coefficient (Wildman–Crippen LogP) is 0.787. The smallest absolute Gasteiger partial charge is 0.365 e. The van der Waals surface area contributed by atoms with E-state index in [9.17, 15) is 4.79 Å². The summed E-state index contributed by atoms with van der Waals surface area (Å²) in [6.07, 6.45) is 0. The third-order valence-electron chi connectivity index (χ3n) is 1.79. The minimum absolute atomic E-state index is 0.216. The van der Waals surface area contributed by atoms with Gasteiger partial charge in [0.05, 0.1) is 5.69 Å². The van der Waals surface area contributed by atoms with Crippen molar-refractivity contribution in [1.82, 2.24) is 9.88 Å². The molecule has 1 aromatic rings. The van der Waals surface area contributed by atoms with E-state index in [2.05, 4.69) is 9.88 Å². The van der Waals surface area contributed by atoms with Gasteiger partial charge in [0.15, 0.2) is 0 Å². The lowest BCUT2D eigenvalue weighted by Crippen LogP contribution is -2.09.